The summed E-state index contributed by atoms with van der Waals surface area (Å²) < 4.78 is 10.5. The highest BCUT2D eigenvalue weighted by atomic mass is 16.5. The lowest BCUT2D eigenvalue weighted by Gasteiger charge is -2.10. The molecule has 0 aliphatic heterocycles. The molecule has 98 valence electrons. The largest absolute Gasteiger partial charge is 0.491 e. The fraction of sp³-hybridized carbons (Fsp3) is 0.333. The van der Waals surface area contributed by atoms with E-state index in [9.17, 15) is 4.79 Å². The highest BCUT2D eigenvalue weighted by molar-refractivity contribution is 5.94. The Morgan fingerprint density at radius 3 is 2.89 bits per heavy atom. The van der Waals surface area contributed by atoms with Gasteiger partial charge >= 0.3 is 5.97 Å². The first-order valence-corrected chi connectivity index (χ1v) is 6.39. The second-order valence-corrected chi connectivity index (χ2v) is 4.77. The molecule has 0 radical (unpaired) electrons. The minimum atomic E-state index is -0.462. The number of methoxy groups -OCH3 is 1. The summed E-state index contributed by atoms with van der Waals surface area (Å²) in [5.41, 5.74) is 1.02. The third-order valence-corrected chi connectivity index (χ3v) is 3.24. The molecule has 0 saturated heterocycles. The van der Waals surface area contributed by atoms with Gasteiger partial charge in [-0.2, -0.15) is 0 Å². The van der Waals surface area contributed by atoms with E-state index in [-0.39, 0.29) is 5.69 Å². The number of benzene rings is 1. The quantitative estimate of drug-likeness (QED) is 0.790. The molecule has 3 rings (SSSR count). The number of carbonyl (C=O) groups is 1. The molecule has 0 N–H and O–H groups in total. The van der Waals surface area contributed by atoms with Gasteiger partial charge in [-0.3, -0.25) is 0 Å². The van der Waals surface area contributed by atoms with Crippen molar-refractivity contribution in [3.63, 3.8) is 0 Å². The van der Waals surface area contributed by atoms with E-state index in [1.54, 1.807) is 0 Å². The first-order chi connectivity index (χ1) is 9.28. The van der Waals surface area contributed by atoms with Crippen LogP contribution in [0.5, 0.6) is 5.75 Å². The van der Waals surface area contributed by atoms with Crippen LogP contribution in [0.25, 0.3) is 10.9 Å². The Kier molecular flexibility index (Phi) is 3.07. The molecule has 0 bridgehead atoms. The third-order valence-electron chi connectivity index (χ3n) is 3.24. The number of rotatable bonds is 4. The van der Waals surface area contributed by atoms with E-state index < -0.39 is 5.97 Å². The van der Waals surface area contributed by atoms with Gasteiger partial charge < -0.3 is 9.47 Å². The molecule has 1 heterocycles. The van der Waals surface area contributed by atoms with E-state index in [0.29, 0.717) is 18.3 Å². The SMILES string of the molecule is COC(=O)c1nc2ccccc2cc1OCC1CC1. The molecule has 0 atom stereocenters. The van der Waals surface area contributed by atoms with Crippen molar-refractivity contribution in [3.05, 3.63) is 36.0 Å². The second-order valence-electron chi connectivity index (χ2n) is 4.77. The average molecular weight is 257 g/mol. The van der Waals surface area contributed by atoms with Crippen LogP contribution in [0.2, 0.25) is 0 Å². The van der Waals surface area contributed by atoms with Gasteiger partial charge in [0, 0.05) is 5.39 Å². The molecule has 0 amide bonds. The Labute approximate surface area is 111 Å². The van der Waals surface area contributed by atoms with Crippen LogP contribution >= 0.6 is 0 Å². The molecule has 1 aromatic heterocycles. The Balaban J connectivity index is 2.01. The summed E-state index contributed by atoms with van der Waals surface area (Å²) >= 11 is 0. The fourth-order valence-corrected chi connectivity index (χ4v) is 1.94. The zero-order valence-electron chi connectivity index (χ0n) is 10.8. The summed E-state index contributed by atoms with van der Waals surface area (Å²) in [7, 11) is 1.35. The van der Waals surface area contributed by atoms with E-state index in [2.05, 4.69) is 4.98 Å². The summed E-state index contributed by atoms with van der Waals surface area (Å²) in [5, 5.41) is 0.959. The maximum atomic E-state index is 11.8. The molecule has 1 aliphatic rings. The van der Waals surface area contributed by atoms with Crippen LogP contribution < -0.4 is 4.74 Å². The van der Waals surface area contributed by atoms with Crippen molar-refractivity contribution >= 4 is 16.9 Å². The van der Waals surface area contributed by atoms with Crippen molar-refractivity contribution in [2.45, 2.75) is 12.8 Å². The topological polar surface area (TPSA) is 48.4 Å². The molecule has 1 fully saturated rings. The van der Waals surface area contributed by atoms with Gasteiger partial charge in [-0.15, -0.1) is 0 Å². The van der Waals surface area contributed by atoms with Gasteiger partial charge in [0.05, 0.1) is 19.2 Å². The van der Waals surface area contributed by atoms with Crippen LogP contribution in [-0.4, -0.2) is 24.7 Å². The molecule has 4 nitrogen and oxygen atoms in total. The number of aromatic nitrogens is 1. The maximum Gasteiger partial charge on any atom is 0.360 e. The van der Waals surface area contributed by atoms with Gasteiger partial charge in [-0.1, -0.05) is 18.2 Å². The minimum absolute atomic E-state index is 0.252. The van der Waals surface area contributed by atoms with Gasteiger partial charge in [-0.25, -0.2) is 9.78 Å². The summed E-state index contributed by atoms with van der Waals surface area (Å²) in [6.07, 6.45) is 2.41. The zero-order chi connectivity index (χ0) is 13.2. The van der Waals surface area contributed by atoms with Crippen molar-refractivity contribution in [3.8, 4) is 5.75 Å². The number of fused-ring (bicyclic) bond motifs is 1. The van der Waals surface area contributed by atoms with E-state index >= 15 is 0 Å². The molecular formula is C15H15NO3. The summed E-state index contributed by atoms with van der Waals surface area (Å²) in [6, 6.07) is 9.50. The molecule has 19 heavy (non-hydrogen) atoms. The van der Waals surface area contributed by atoms with Crippen molar-refractivity contribution in [1.82, 2.24) is 4.98 Å². The molecule has 4 heteroatoms. The number of pyridine rings is 1. The van der Waals surface area contributed by atoms with Crippen LogP contribution in [-0.2, 0) is 4.74 Å². The fourth-order valence-electron chi connectivity index (χ4n) is 1.94. The highest BCUT2D eigenvalue weighted by Gasteiger charge is 2.24. The predicted octanol–water partition coefficient (Wildman–Crippen LogP) is 2.81. The van der Waals surface area contributed by atoms with Crippen LogP contribution in [0.1, 0.15) is 23.3 Å². The molecule has 1 saturated carbocycles. The van der Waals surface area contributed by atoms with Crippen molar-refractivity contribution in [2.24, 2.45) is 5.92 Å². The molecule has 1 aromatic carbocycles. The third kappa shape index (κ3) is 2.52. The van der Waals surface area contributed by atoms with Crippen molar-refractivity contribution < 1.29 is 14.3 Å². The van der Waals surface area contributed by atoms with Crippen LogP contribution in [0.3, 0.4) is 0 Å². The van der Waals surface area contributed by atoms with E-state index in [1.807, 2.05) is 30.3 Å². The monoisotopic (exact) mass is 257 g/mol. The van der Waals surface area contributed by atoms with Gasteiger partial charge in [0.2, 0.25) is 0 Å². The number of hydrogen-bond donors (Lipinski definition) is 0. The van der Waals surface area contributed by atoms with Crippen LogP contribution in [0.15, 0.2) is 30.3 Å². The average Bonchev–Trinajstić information content (AvgIpc) is 3.27. The second kappa shape index (κ2) is 4.88. The Morgan fingerprint density at radius 2 is 2.16 bits per heavy atom. The van der Waals surface area contributed by atoms with Crippen molar-refractivity contribution in [1.29, 1.82) is 0 Å². The Morgan fingerprint density at radius 1 is 1.37 bits per heavy atom. The first-order valence-electron chi connectivity index (χ1n) is 6.39. The lowest BCUT2D eigenvalue weighted by Crippen LogP contribution is -2.10. The minimum Gasteiger partial charge on any atom is -0.491 e. The van der Waals surface area contributed by atoms with Gasteiger partial charge in [0.25, 0.3) is 0 Å². The highest BCUT2D eigenvalue weighted by Crippen LogP contribution is 2.31. The molecule has 0 unspecified atom stereocenters. The molecular weight excluding hydrogens is 242 g/mol. The number of esters is 1. The number of carbonyl (C=O) groups excluding carboxylic acids is 1. The van der Waals surface area contributed by atoms with Gasteiger partial charge in [-0.05, 0) is 30.9 Å². The Hall–Kier alpha value is -2.10. The zero-order valence-corrected chi connectivity index (χ0v) is 10.8. The Bertz CT molecular complexity index is 620. The number of ether oxygens (including phenoxy) is 2. The normalized spacial score (nSPS) is 14.4. The molecule has 1 aliphatic carbocycles. The molecule has 2 aromatic rings. The van der Waals surface area contributed by atoms with Crippen LogP contribution in [0, 0.1) is 5.92 Å². The maximum absolute atomic E-state index is 11.8. The summed E-state index contributed by atoms with van der Waals surface area (Å²) in [4.78, 5) is 16.1. The van der Waals surface area contributed by atoms with Crippen molar-refractivity contribution in [2.75, 3.05) is 13.7 Å². The van der Waals surface area contributed by atoms with Crippen LogP contribution in [0.4, 0.5) is 0 Å². The lowest BCUT2D eigenvalue weighted by molar-refractivity contribution is 0.0589. The van der Waals surface area contributed by atoms with E-state index in [0.717, 1.165) is 10.9 Å². The predicted molar refractivity (Wildman–Crippen MR) is 71.3 cm³/mol. The number of hydrogen-bond acceptors (Lipinski definition) is 4. The standard InChI is InChI=1S/C15H15NO3/c1-18-15(17)14-13(19-9-10-6-7-10)8-11-4-2-3-5-12(11)16-14/h2-5,8,10H,6-7,9H2,1H3. The smallest absolute Gasteiger partial charge is 0.360 e. The summed E-state index contributed by atoms with van der Waals surface area (Å²) in [6.45, 7) is 0.643. The molecule has 0 spiro atoms. The van der Waals surface area contributed by atoms with Gasteiger partial charge in [0.1, 0.15) is 0 Å². The van der Waals surface area contributed by atoms with E-state index in [4.69, 9.17) is 9.47 Å². The van der Waals surface area contributed by atoms with Gasteiger partial charge in [0.15, 0.2) is 11.4 Å². The summed E-state index contributed by atoms with van der Waals surface area (Å²) in [5.74, 6) is 0.672. The number of nitrogens with zero attached hydrogens (tertiary/aromatic N) is 1. The lowest BCUT2D eigenvalue weighted by atomic mass is 10.2. The first kappa shape index (κ1) is 12.0. The number of para-hydroxylation sites is 1. The van der Waals surface area contributed by atoms with E-state index in [1.165, 1.54) is 20.0 Å².